The van der Waals surface area contributed by atoms with Gasteiger partial charge in [0.1, 0.15) is 0 Å². The number of hydrogen-bond acceptors (Lipinski definition) is 2. The normalized spacial score (nSPS) is 25.0. The highest BCUT2D eigenvalue weighted by Gasteiger charge is 2.37. The number of carbonyl (C=O) groups excluding carboxylic acids is 1. The molecule has 2 N–H and O–H groups in total. The van der Waals surface area contributed by atoms with Gasteiger partial charge in [0, 0.05) is 5.92 Å². The summed E-state index contributed by atoms with van der Waals surface area (Å²) in [5.74, 6) is 0.953. The number of nitrogens with one attached hydrogen (secondary N) is 2. The predicted octanol–water partition coefficient (Wildman–Crippen LogP) is 2.67. The molecule has 1 saturated carbocycles. The minimum Gasteiger partial charge on any atom is -0.324 e. The number of amides is 1. The second-order valence-electron chi connectivity index (χ2n) is 8.22. The minimum absolute atomic E-state index is 0.120. The molecule has 1 aliphatic heterocycles. The lowest BCUT2D eigenvalue weighted by Gasteiger charge is -2.40. The molecule has 1 unspecified atom stereocenters. The van der Waals surface area contributed by atoms with Crippen molar-refractivity contribution in [1.29, 1.82) is 0 Å². The van der Waals surface area contributed by atoms with Gasteiger partial charge in [-0.2, -0.15) is 5.10 Å². The average Bonchev–Trinajstić information content (AvgIpc) is 2.97. The van der Waals surface area contributed by atoms with Crippen molar-refractivity contribution in [2.24, 2.45) is 5.92 Å². The first-order valence-electron chi connectivity index (χ1n) is 10.4. The molecule has 144 valence electrons. The summed E-state index contributed by atoms with van der Waals surface area (Å²) in [6, 6.07) is 10.8. The molecule has 1 aliphatic carbocycles. The molecule has 5 heteroatoms. The summed E-state index contributed by atoms with van der Waals surface area (Å²) < 4.78 is 1.91. The van der Waals surface area contributed by atoms with E-state index in [0.29, 0.717) is 12.6 Å². The first kappa shape index (κ1) is 18.2. The van der Waals surface area contributed by atoms with Crippen LogP contribution in [0.5, 0.6) is 0 Å². The number of anilines is 1. The number of carbonyl (C=O) groups is 1. The van der Waals surface area contributed by atoms with Gasteiger partial charge in [-0.05, 0) is 58.1 Å². The number of hydrogen-bond donors (Lipinski definition) is 2. The Morgan fingerprint density at radius 1 is 1.15 bits per heavy atom. The van der Waals surface area contributed by atoms with Crippen LogP contribution in [0.1, 0.15) is 49.9 Å². The highest BCUT2D eigenvalue weighted by molar-refractivity contribution is 5.92. The van der Waals surface area contributed by atoms with Crippen molar-refractivity contribution in [3.05, 3.63) is 41.7 Å². The molecule has 0 radical (unpaired) electrons. The van der Waals surface area contributed by atoms with Crippen molar-refractivity contribution in [1.82, 2.24) is 9.78 Å². The van der Waals surface area contributed by atoms with E-state index in [4.69, 9.17) is 0 Å². The second-order valence-corrected chi connectivity index (χ2v) is 8.22. The van der Waals surface area contributed by atoms with E-state index in [9.17, 15) is 4.79 Å². The zero-order valence-corrected chi connectivity index (χ0v) is 16.5. The Kier molecular flexibility index (Phi) is 5.30. The molecule has 2 heterocycles. The van der Waals surface area contributed by atoms with Crippen LogP contribution in [-0.2, 0) is 4.79 Å². The lowest BCUT2D eigenvalue weighted by atomic mass is 9.78. The molecular formula is C22H31N4O+. The number of aromatic nitrogens is 2. The quantitative estimate of drug-likeness (QED) is 0.873. The van der Waals surface area contributed by atoms with Crippen LogP contribution in [0.2, 0.25) is 0 Å². The lowest BCUT2D eigenvalue weighted by molar-refractivity contribution is -0.928. The molecule has 0 bridgehead atoms. The molecule has 1 aromatic heterocycles. The summed E-state index contributed by atoms with van der Waals surface area (Å²) in [7, 11) is 0. The lowest BCUT2D eigenvalue weighted by Crippen LogP contribution is -3.18. The second kappa shape index (κ2) is 7.85. The summed E-state index contributed by atoms with van der Waals surface area (Å²) in [5.41, 5.74) is 3.73. The molecular weight excluding hydrogens is 336 g/mol. The van der Waals surface area contributed by atoms with Crippen molar-refractivity contribution in [3.8, 4) is 5.69 Å². The van der Waals surface area contributed by atoms with Gasteiger partial charge in [-0.3, -0.25) is 4.79 Å². The minimum atomic E-state index is 0.120. The van der Waals surface area contributed by atoms with Crippen LogP contribution in [0.25, 0.3) is 5.69 Å². The number of likely N-dealkylation sites (tertiary alicyclic amines) is 1. The van der Waals surface area contributed by atoms with E-state index in [-0.39, 0.29) is 5.91 Å². The average molecular weight is 368 g/mol. The number of para-hydroxylation sites is 1. The van der Waals surface area contributed by atoms with Gasteiger partial charge in [-0.25, -0.2) is 4.68 Å². The summed E-state index contributed by atoms with van der Waals surface area (Å²) in [6.45, 7) is 5.70. The molecule has 0 spiro atoms. The van der Waals surface area contributed by atoms with Crippen molar-refractivity contribution < 1.29 is 9.69 Å². The van der Waals surface area contributed by atoms with Crippen LogP contribution in [0.3, 0.4) is 0 Å². The number of piperidine rings is 1. The molecule has 2 aromatic rings. The van der Waals surface area contributed by atoms with Crippen LogP contribution in [0.4, 0.5) is 5.69 Å². The van der Waals surface area contributed by atoms with Crippen LogP contribution >= 0.6 is 0 Å². The van der Waals surface area contributed by atoms with E-state index < -0.39 is 0 Å². The molecule has 1 aromatic carbocycles. The largest absolute Gasteiger partial charge is 0.324 e. The number of fused-ring (bicyclic) bond motifs is 1. The number of nitrogens with zero attached hydrogens (tertiary/aromatic N) is 2. The highest BCUT2D eigenvalue weighted by Crippen LogP contribution is 2.28. The monoisotopic (exact) mass is 367 g/mol. The number of benzene rings is 1. The maximum absolute atomic E-state index is 12.8. The Balaban J connectivity index is 1.46. The summed E-state index contributed by atoms with van der Waals surface area (Å²) >= 11 is 0. The first-order chi connectivity index (χ1) is 13.1. The van der Waals surface area contributed by atoms with Crippen LogP contribution in [0, 0.1) is 19.8 Å². The zero-order valence-electron chi connectivity index (χ0n) is 16.5. The molecule has 1 saturated heterocycles. The van der Waals surface area contributed by atoms with Gasteiger partial charge in [0.05, 0.1) is 35.3 Å². The topological polar surface area (TPSA) is 51.4 Å². The summed E-state index contributed by atoms with van der Waals surface area (Å²) in [6.07, 6.45) is 7.97. The Morgan fingerprint density at radius 2 is 1.89 bits per heavy atom. The van der Waals surface area contributed by atoms with Crippen molar-refractivity contribution in [2.75, 3.05) is 18.4 Å². The van der Waals surface area contributed by atoms with Gasteiger partial charge in [0.15, 0.2) is 6.54 Å². The molecule has 5 nitrogen and oxygen atoms in total. The Morgan fingerprint density at radius 3 is 2.70 bits per heavy atom. The molecule has 2 fully saturated rings. The van der Waals surface area contributed by atoms with Crippen molar-refractivity contribution >= 4 is 11.6 Å². The Hall–Kier alpha value is -2.14. The Labute approximate surface area is 161 Å². The molecule has 27 heavy (non-hydrogen) atoms. The third-order valence-corrected chi connectivity index (χ3v) is 6.45. The molecule has 3 atom stereocenters. The third kappa shape index (κ3) is 3.79. The maximum atomic E-state index is 12.8. The maximum Gasteiger partial charge on any atom is 0.279 e. The number of rotatable bonds is 4. The molecule has 1 amide bonds. The van der Waals surface area contributed by atoms with Gasteiger partial charge in [0.25, 0.3) is 5.91 Å². The van der Waals surface area contributed by atoms with Gasteiger partial charge < -0.3 is 10.2 Å². The fourth-order valence-corrected chi connectivity index (χ4v) is 5.12. The first-order valence-corrected chi connectivity index (χ1v) is 10.4. The van der Waals surface area contributed by atoms with Crippen LogP contribution in [-0.4, -0.2) is 34.8 Å². The number of aryl methyl sites for hydroxylation is 1. The van der Waals surface area contributed by atoms with E-state index in [1.807, 2.05) is 48.9 Å². The smallest absolute Gasteiger partial charge is 0.279 e. The SMILES string of the molecule is Cc1nn(-c2ccccc2)c(C)c1NC(=O)C[NH+]1CCC[C@@H]2CCCC[C@@H]21. The van der Waals surface area contributed by atoms with E-state index in [1.165, 1.54) is 43.4 Å². The van der Waals surface area contributed by atoms with Gasteiger partial charge >= 0.3 is 0 Å². The summed E-state index contributed by atoms with van der Waals surface area (Å²) in [5, 5.41) is 7.81. The highest BCUT2D eigenvalue weighted by atomic mass is 16.2. The van der Waals surface area contributed by atoms with Crippen molar-refractivity contribution in [3.63, 3.8) is 0 Å². The molecule has 2 aliphatic rings. The van der Waals surface area contributed by atoms with Crippen LogP contribution < -0.4 is 10.2 Å². The fourth-order valence-electron chi connectivity index (χ4n) is 5.12. The van der Waals surface area contributed by atoms with Gasteiger partial charge in [-0.1, -0.05) is 24.6 Å². The predicted molar refractivity (Wildman–Crippen MR) is 107 cm³/mol. The standard InChI is InChI=1S/C22H30N4O/c1-16-22(17(2)26(24-16)19-11-4-3-5-12-19)23-21(27)15-25-14-8-10-18-9-6-7-13-20(18)25/h3-5,11-12,18,20H,6-10,13-15H2,1-2H3,(H,23,27)/p+1/t18-,20-/m0/s1. The van der Waals surface area contributed by atoms with Crippen molar-refractivity contribution in [2.45, 2.75) is 58.4 Å². The van der Waals surface area contributed by atoms with E-state index in [2.05, 4.69) is 10.4 Å². The zero-order chi connectivity index (χ0) is 18.8. The van der Waals surface area contributed by atoms with Gasteiger partial charge in [-0.15, -0.1) is 0 Å². The van der Waals surface area contributed by atoms with E-state index in [1.54, 1.807) is 0 Å². The van der Waals surface area contributed by atoms with Crippen LogP contribution in [0.15, 0.2) is 30.3 Å². The third-order valence-electron chi connectivity index (χ3n) is 6.45. The fraction of sp³-hybridized carbons (Fsp3) is 0.545. The molecule has 4 rings (SSSR count). The Bertz CT molecular complexity index is 796. The number of quaternary nitrogens is 1. The van der Waals surface area contributed by atoms with Gasteiger partial charge in [0.2, 0.25) is 0 Å². The van der Waals surface area contributed by atoms with E-state index in [0.717, 1.165) is 35.2 Å². The summed E-state index contributed by atoms with van der Waals surface area (Å²) in [4.78, 5) is 14.3. The van der Waals surface area contributed by atoms with E-state index >= 15 is 0 Å².